The van der Waals surface area contributed by atoms with Gasteiger partial charge in [0, 0.05) is 13.1 Å². The van der Waals surface area contributed by atoms with Crippen LogP contribution in [0.15, 0.2) is 16.9 Å². The standard InChI is InChI=1S/C20H28N6O8/c1-11-15(22-17(23-16(11)30)24-18(31)32)26(12-5-6-12)9-13(27)25(10-14(28)29)8-7-21-19(33)34-20(2,3)4/h5-6,12H,7-10H2,1-4H3,(H,21,33)(H,28,29)(H,31,32)(H2,22,23,24,30). The van der Waals surface area contributed by atoms with Crippen LogP contribution in [0, 0.1) is 6.92 Å². The average Bonchev–Trinajstić information content (AvgIpc) is 3.51. The van der Waals surface area contributed by atoms with Crippen LogP contribution in [0.3, 0.4) is 0 Å². The van der Waals surface area contributed by atoms with E-state index in [4.69, 9.17) is 9.84 Å². The van der Waals surface area contributed by atoms with Gasteiger partial charge in [0.05, 0.1) is 18.2 Å². The summed E-state index contributed by atoms with van der Waals surface area (Å²) < 4.78 is 5.11. The minimum atomic E-state index is -1.43. The van der Waals surface area contributed by atoms with Gasteiger partial charge >= 0.3 is 18.2 Å². The lowest BCUT2D eigenvalue weighted by atomic mass is 10.2. The van der Waals surface area contributed by atoms with Crippen LogP contribution in [0.5, 0.6) is 0 Å². The number of rotatable bonds is 10. The number of hydrogen-bond donors (Lipinski definition) is 5. The summed E-state index contributed by atoms with van der Waals surface area (Å²) in [6.07, 6.45) is 1.31. The summed E-state index contributed by atoms with van der Waals surface area (Å²) >= 11 is 0. The predicted octanol–water partition coefficient (Wildman–Crippen LogP) is 0.351. The highest BCUT2D eigenvalue weighted by molar-refractivity contribution is 5.86. The van der Waals surface area contributed by atoms with E-state index in [1.807, 2.05) is 5.32 Å². The molecule has 3 amide bonds. The number of carbonyl (C=O) groups is 4. The lowest BCUT2D eigenvalue weighted by molar-refractivity contribution is -0.143. The van der Waals surface area contributed by atoms with E-state index in [9.17, 15) is 29.1 Å². The van der Waals surface area contributed by atoms with Gasteiger partial charge in [-0.15, -0.1) is 0 Å². The number of hydrogen-bond acceptors (Lipinski definition) is 8. The van der Waals surface area contributed by atoms with Crippen molar-refractivity contribution in [2.45, 2.75) is 39.3 Å². The molecule has 5 N–H and O–H groups in total. The molecule has 0 unspecified atom stereocenters. The SMILES string of the molecule is Cc1c(N(CC(=O)N(CCNC(=O)OC(C)(C)C)CC(=O)O)C2C=C2)nc(NC(=O)O)[nH]c1=O. The van der Waals surface area contributed by atoms with Crippen molar-refractivity contribution in [3.8, 4) is 0 Å². The molecule has 1 aromatic heterocycles. The molecule has 0 aromatic carbocycles. The summed E-state index contributed by atoms with van der Waals surface area (Å²) in [6.45, 7) is 5.41. The van der Waals surface area contributed by atoms with Gasteiger partial charge in [-0.2, -0.15) is 4.98 Å². The Balaban J connectivity index is 2.16. The topological polar surface area (TPSA) is 194 Å². The number of aromatic amines is 1. The van der Waals surface area contributed by atoms with Crippen LogP contribution in [0.2, 0.25) is 0 Å². The van der Waals surface area contributed by atoms with Gasteiger partial charge in [-0.3, -0.25) is 24.7 Å². The van der Waals surface area contributed by atoms with Gasteiger partial charge < -0.3 is 30.1 Å². The number of aliphatic carboxylic acids is 1. The highest BCUT2D eigenvalue weighted by atomic mass is 16.6. The number of alkyl carbamates (subject to hydrolysis) is 1. The lowest BCUT2D eigenvalue weighted by Crippen LogP contribution is -2.47. The molecule has 14 heteroatoms. The van der Waals surface area contributed by atoms with E-state index in [1.165, 1.54) is 11.8 Å². The molecule has 34 heavy (non-hydrogen) atoms. The normalized spacial score (nSPS) is 12.6. The number of H-pyrrole nitrogens is 1. The number of amides is 3. The molecule has 1 aliphatic rings. The largest absolute Gasteiger partial charge is 0.480 e. The van der Waals surface area contributed by atoms with E-state index < -0.39 is 41.8 Å². The number of nitrogens with one attached hydrogen (secondary N) is 3. The van der Waals surface area contributed by atoms with Crippen molar-refractivity contribution < 1.29 is 34.1 Å². The maximum atomic E-state index is 13.0. The monoisotopic (exact) mass is 480 g/mol. The zero-order chi connectivity index (χ0) is 25.6. The van der Waals surface area contributed by atoms with Gasteiger partial charge in [0.15, 0.2) is 0 Å². The average molecular weight is 480 g/mol. The first-order chi connectivity index (χ1) is 15.8. The Morgan fingerprint density at radius 2 is 1.82 bits per heavy atom. The molecular weight excluding hydrogens is 452 g/mol. The van der Waals surface area contributed by atoms with E-state index in [1.54, 1.807) is 32.9 Å². The summed E-state index contributed by atoms with van der Waals surface area (Å²) in [6, 6.07) is -0.360. The van der Waals surface area contributed by atoms with E-state index in [2.05, 4.69) is 15.3 Å². The van der Waals surface area contributed by atoms with Crippen molar-refractivity contribution >= 4 is 35.8 Å². The Hall–Kier alpha value is -4.10. The van der Waals surface area contributed by atoms with Crippen LogP contribution in [0.4, 0.5) is 21.4 Å². The molecule has 14 nitrogen and oxygen atoms in total. The summed E-state index contributed by atoms with van der Waals surface area (Å²) in [4.78, 5) is 68.2. The number of ether oxygens (including phenoxy) is 1. The fourth-order valence-corrected chi connectivity index (χ4v) is 2.85. The molecule has 1 heterocycles. The molecular formula is C20H28N6O8. The molecule has 1 aromatic rings. The zero-order valence-corrected chi connectivity index (χ0v) is 19.2. The first kappa shape index (κ1) is 26.2. The second-order valence-electron chi connectivity index (χ2n) is 8.43. The van der Waals surface area contributed by atoms with Crippen molar-refractivity contribution in [1.82, 2.24) is 20.2 Å². The Kier molecular flexibility index (Phi) is 8.21. The van der Waals surface area contributed by atoms with Gasteiger partial charge in [-0.05, 0) is 27.7 Å². The molecule has 0 atom stereocenters. The highest BCUT2D eigenvalue weighted by Crippen LogP contribution is 2.25. The van der Waals surface area contributed by atoms with Crippen molar-refractivity contribution in [3.63, 3.8) is 0 Å². The quantitative estimate of drug-likeness (QED) is 0.292. The fourth-order valence-electron chi connectivity index (χ4n) is 2.85. The molecule has 0 bridgehead atoms. The molecule has 0 spiro atoms. The maximum absolute atomic E-state index is 13.0. The van der Waals surface area contributed by atoms with E-state index in [-0.39, 0.29) is 43.0 Å². The molecule has 2 rings (SSSR count). The maximum Gasteiger partial charge on any atom is 0.411 e. The van der Waals surface area contributed by atoms with Gasteiger partial charge in [0.2, 0.25) is 11.9 Å². The third-order valence-electron chi connectivity index (χ3n) is 4.38. The van der Waals surface area contributed by atoms with Crippen LogP contribution >= 0.6 is 0 Å². The predicted molar refractivity (Wildman–Crippen MR) is 120 cm³/mol. The lowest BCUT2D eigenvalue weighted by Gasteiger charge is -2.28. The molecule has 0 saturated heterocycles. The van der Waals surface area contributed by atoms with Gasteiger partial charge in [0.1, 0.15) is 18.0 Å². The first-order valence-electron chi connectivity index (χ1n) is 10.3. The Morgan fingerprint density at radius 1 is 1.18 bits per heavy atom. The van der Waals surface area contributed by atoms with Crippen LogP contribution < -0.4 is 21.1 Å². The van der Waals surface area contributed by atoms with E-state index in [0.29, 0.717) is 0 Å². The highest BCUT2D eigenvalue weighted by Gasteiger charge is 2.30. The van der Waals surface area contributed by atoms with E-state index in [0.717, 1.165) is 4.90 Å². The third-order valence-corrected chi connectivity index (χ3v) is 4.38. The van der Waals surface area contributed by atoms with Crippen LogP contribution in [-0.2, 0) is 14.3 Å². The third kappa shape index (κ3) is 8.11. The van der Waals surface area contributed by atoms with Crippen molar-refractivity contribution in [2.75, 3.05) is 36.4 Å². The van der Waals surface area contributed by atoms with Crippen LogP contribution in [0.25, 0.3) is 0 Å². The van der Waals surface area contributed by atoms with Gasteiger partial charge in [0.25, 0.3) is 5.56 Å². The number of anilines is 2. The number of aromatic nitrogens is 2. The Bertz CT molecular complexity index is 1040. The van der Waals surface area contributed by atoms with Crippen LogP contribution in [0.1, 0.15) is 26.3 Å². The number of carbonyl (C=O) groups excluding carboxylic acids is 2. The summed E-state index contributed by atoms with van der Waals surface area (Å²) in [5.74, 6) is -2.10. The summed E-state index contributed by atoms with van der Waals surface area (Å²) in [7, 11) is 0. The fraction of sp³-hybridized carbons (Fsp3) is 0.500. The Morgan fingerprint density at radius 3 is 2.35 bits per heavy atom. The number of carboxylic acid groups (broad SMARTS) is 2. The smallest absolute Gasteiger partial charge is 0.411 e. The minimum absolute atomic E-state index is 0.0510. The summed E-state index contributed by atoms with van der Waals surface area (Å²) in [5, 5.41) is 22.6. The summed E-state index contributed by atoms with van der Waals surface area (Å²) in [5.41, 5.74) is -1.17. The molecule has 1 aliphatic carbocycles. The van der Waals surface area contributed by atoms with Crippen molar-refractivity contribution in [1.29, 1.82) is 0 Å². The molecule has 186 valence electrons. The molecule has 0 fully saturated rings. The van der Waals surface area contributed by atoms with E-state index >= 15 is 0 Å². The molecule has 0 aliphatic heterocycles. The zero-order valence-electron chi connectivity index (χ0n) is 19.2. The first-order valence-corrected chi connectivity index (χ1v) is 10.3. The molecule has 0 radical (unpaired) electrons. The van der Waals surface area contributed by atoms with Crippen LogP contribution in [-0.4, -0.2) is 87.0 Å². The minimum Gasteiger partial charge on any atom is -0.480 e. The van der Waals surface area contributed by atoms with Crippen molar-refractivity contribution in [2.24, 2.45) is 0 Å². The second-order valence-corrected chi connectivity index (χ2v) is 8.43. The number of carboxylic acids is 1. The Labute approximate surface area is 194 Å². The van der Waals surface area contributed by atoms with Gasteiger partial charge in [-0.1, -0.05) is 12.2 Å². The van der Waals surface area contributed by atoms with Gasteiger partial charge in [-0.25, -0.2) is 9.59 Å². The number of nitrogens with zero attached hydrogens (tertiary/aromatic N) is 3. The molecule has 0 saturated carbocycles. The van der Waals surface area contributed by atoms with Crippen molar-refractivity contribution in [3.05, 3.63) is 28.1 Å². The second kappa shape index (κ2) is 10.7.